The van der Waals surface area contributed by atoms with Gasteiger partial charge in [0.25, 0.3) is 0 Å². The van der Waals surface area contributed by atoms with Crippen molar-refractivity contribution >= 4 is 17.4 Å². The Morgan fingerprint density at radius 2 is 1.86 bits per heavy atom. The van der Waals surface area contributed by atoms with Gasteiger partial charge in [0.1, 0.15) is 5.56 Å². The molecule has 0 spiro atoms. The van der Waals surface area contributed by atoms with Gasteiger partial charge in [0.15, 0.2) is 5.82 Å². The van der Waals surface area contributed by atoms with Crippen LogP contribution in [0.5, 0.6) is 0 Å². The summed E-state index contributed by atoms with van der Waals surface area (Å²) in [6, 6.07) is 2.28. The number of nitrogens with two attached hydrogens (primary N) is 1. The maximum absolute atomic E-state index is 13.1. The molecule has 1 aromatic carbocycles. The van der Waals surface area contributed by atoms with Gasteiger partial charge in [0, 0.05) is 4.90 Å². The van der Waals surface area contributed by atoms with E-state index in [2.05, 4.69) is 0 Å². The van der Waals surface area contributed by atoms with Crippen molar-refractivity contribution in [1.82, 2.24) is 0 Å². The fourth-order valence-corrected chi connectivity index (χ4v) is 1.62. The van der Waals surface area contributed by atoms with Crippen LogP contribution in [0.2, 0.25) is 0 Å². The maximum atomic E-state index is 13.1. The minimum absolute atomic E-state index is 0.163. The fourth-order valence-electron chi connectivity index (χ4n) is 1.01. The lowest BCUT2D eigenvalue weighted by atomic mass is 10.2. The third-order valence-electron chi connectivity index (χ3n) is 1.64. The van der Waals surface area contributed by atoms with Crippen molar-refractivity contribution in [2.45, 2.75) is 11.1 Å². The van der Waals surface area contributed by atoms with Crippen LogP contribution in [0.3, 0.4) is 0 Å². The number of hydrogen-bond donors (Lipinski definition) is 1. The summed E-state index contributed by atoms with van der Waals surface area (Å²) in [6.45, 7) is 0. The zero-order valence-corrected chi connectivity index (χ0v) is 7.97. The van der Waals surface area contributed by atoms with E-state index < -0.39 is 23.2 Å². The van der Waals surface area contributed by atoms with E-state index in [4.69, 9.17) is 5.73 Å². The monoisotopic (exact) mass is 225 g/mol. The third kappa shape index (κ3) is 1.95. The van der Waals surface area contributed by atoms with Crippen LogP contribution < -0.4 is 5.73 Å². The van der Waals surface area contributed by atoms with Crippen molar-refractivity contribution in [1.29, 1.82) is 0 Å². The van der Waals surface area contributed by atoms with Crippen molar-refractivity contribution < 1.29 is 17.6 Å². The molecule has 1 rings (SSSR count). The highest BCUT2D eigenvalue weighted by molar-refractivity contribution is 7.98. The van der Waals surface area contributed by atoms with Gasteiger partial charge in [-0.3, -0.25) is 0 Å². The van der Waals surface area contributed by atoms with Crippen LogP contribution in [-0.2, 0) is 6.18 Å². The zero-order valence-electron chi connectivity index (χ0n) is 7.15. The molecule has 0 fully saturated rings. The quantitative estimate of drug-likeness (QED) is 0.451. The number of rotatable bonds is 1. The molecule has 0 radical (unpaired) electrons. The Labute approximate surface area is 82.3 Å². The molecule has 0 bridgehead atoms. The number of benzene rings is 1. The summed E-state index contributed by atoms with van der Waals surface area (Å²) in [7, 11) is 0. The van der Waals surface area contributed by atoms with Gasteiger partial charge in [-0.1, -0.05) is 0 Å². The zero-order chi connectivity index (χ0) is 10.9. The summed E-state index contributed by atoms with van der Waals surface area (Å²) in [5, 5.41) is 0. The van der Waals surface area contributed by atoms with Gasteiger partial charge < -0.3 is 5.73 Å². The lowest BCUT2D eigenvalue weighted by molar-refractivity contribution is -0.142. The normalized spacial score (nSPS) is 11.8. The Morgan fingerprint density at radius 1 is 1.29 bits per heavy atom. The first-order valence-corrected chi connectivity index (χ1v) is 4.79. The minimum Gasteiger partial charge on any atom is -0.396 e. The first-order chi connectivity index (χ1) is 6.38. The SMILES string of the molecule is CSc1ccc(N)c(F)c1C(F)(F)F. The van der Waals surface area contributed by atoms with Crippen molar-refractivity contribution in [2.24, 2.45) is 0 Å². The Balaban J connectivity index is 3.44. The van der Waals surface area contributed by atoms with Gasteiger partial charge >= 0.3 is 6.18 Å². The predicted molar refractivity (Wildman–Crippen MR) is 47.6 cm³/mol. The maximum Gasteiger partial charge on any atom is 0.420 e. The summed E-state index contributed by atoms with van der Waals surface area (Å²) in [5.41, 5.74) is 3.28. The van der Waals surface area contributed by atoms with E-state index in [1.807, 2.05) is 0 Å². The molecule has 0 heterocycles. The molecule has 0 saturated heterocycles. The van der Waals surface area contributed by atoms with Gasteiger partial charge in [-0.2, -0.15) is 13.2 Å². The van der Waals surface area contributed by atoms with E-state index in [9.17, 15) is 17.6 Å². The lowest BCUT2D eigenvalue weighted by Crippen LogP contribution is -2.11. The molecule has 0 aromatic heterocycles. The Hall–Kier alpha value is -0.910. The molecule has 0 saturated carbocycles. The number of nitrogen functional groups attached to an aromatic ring is 1. The summed E-state index contributed by atoms with van der Waals surface area (Å²) in [4.78, 5) is -0.163. The molecule has 0 amide bonds. The third-order valence-corrected chi connectivity index (χ3v) is 2.42. The first-order valence-electron chi connectivity index (χ1n) is 3.57. The van der Waals surface area contributed by atoms with Crippen LogP contribution in [0.15, 0.2) is 17.0 Å². The number of halogens is 4. The fraction of sp³-hybridized carbons (Fsp3) is 0.250. The smallest absolute Gasteiger partial charge is 0.396 e. The van der Waals surface area contributed by atoms with Crippen LogP contribution in [0.25, 0.3) is 0 Å². The van der Waals surface area contributed by atoms with E-state index in [0.717, 1.165) is 23.9 Å². The van der Waals surface area contributed by atoms with Crippen LogP contribution in [-0.4, -0.2) is 6.26 Å². The van der Waals surface area contributed by atoms with Crippen LogP contribution >= 0.6 is 11.8 Å². The number of hydrogen-bond acceptors (Lipinski definition) is 2. The van der Waals surface area contributed by atoms with E-state index in [1.54, 1.807) is 0 Å². The average molecular weight is 225 g/mol. The lowest BCUT2D eigenvalue weighted by Gasteiger charge is -2.13. The van der Waals surface area contributed by atoms with E-state index in [-0.39, 0.29) is 4.90 Å². The molecule has 1 aromatic rings. The molecular formula is C8H7F4NS. The minimum atomic E-state index is -4.71. The summed E-state index contributed by atoms with van der Waals surface area (Å²) in [5.74, 6) is -1.40. The second-order valence-corrected chi connectivity index (χ2v) is 3.39. The van der Waals surface area contributed by atoms with Crippen molar-refractivity contribution in [2.75, 3.05) is 12.0 Å². The molecule has 0 aliphatic rings. The average Bonchev–Trinajstić information content (AvgIpc) is 2.07. The van der Waals surface area contributed by atoms with Gasteiger partial charge in [-0.05, 0) is 18.4 Å². The Kier molecular flexibility index (Phi) is 2.94. The molecule has 0 unspecified atom stereocenters. The van der Waals surface area contributed by atoms with E-state index >= 15 is 0 Å². The Bertz CT molecular complexity index is 348. The number of thioether (sulfide) groups is 1. The molecule has 14 heavy (non-hydrogen) atoms. The van der Waals surface area contributed by atoms with Crippen LogP contribution in [0.1, 0.15) is 5.56 Å². The number of anilines is 1. The number of alkyl halides is 3. The molecule has 0 aliphatic heterocycles. The van der Waals surface area contributed by atoms with Crippen molar-refractivity contribution in [3.8, 4) is 0 Å². The molecule has 78 valence electrons. The van der Waals surface area contributed by atoms with Crippen molar-refractivity contribution in [3.05, 3.63) is 23.5 Å². The first kappa shape index (κ1) is 11.2. The highest BCUT2D eigenvalue weighted by atomic mass is 32.2. The molecular weight excluding hydrogens is 218 g/mol. The Morgan fingerprint density at radius 3 is 2.29 bits per heavy atom. The predicted octanol–water partition coefficient (Wildman–Crippen LogP) is 3.15. The summed E-state index contributed by atoms with van der Waals surface area (Å²) >= 11 is 0.830. The second-order valence-electron chi connectivity index (χ2n) is 2.54. The van der Waals surface area contributed by atoms with Gasteiger partial charge in [-0.15, -0.1) is 11.8 Å². The molecule has 1 nitrogen and oxygen atoms in total. The summed E-state index contributed by atoms with van der Waals surface area (Å²) < 4.78 is 50.2. The molecule has 0 aliphatic carbocycles. The van der Waals surface area contributed by atoms with Crippen molar-refractivity contribution in [3.63, 3.8) is 0 Å². The van der Waals surface area contributed by atoms with Crippen LogP contribution in [0, 0.1) is 5.82 Å². The highest BCUT2D eigenvalue weighted by Gasteiger charge is 2.37. The van der Waals surface area contributed by atoms with E-state index in [1.165, 1.54) is 6.26 Å². The van der Waals surface area contributed by atoms with E-state index in [0.29, 0.717) is 0 Å². The largest absolute Gasteiger partial charge is 0.420 e. The second kappa shape index (κ2) is 3.68. The van der Waals surface area contributed by atoms with Gasteiger partial charge in [-0.25, -0.2) is 4.39 Å². The van der Waals surface area contributed by atoms with Crippen LogP contribution in [0.4, 0.5) is 23.2 Å². The summed E-state index contributed by atoms with van der Waals surface area (Å²) in [6.07, 6.45) is -3.27. The van der Waals surface area contributed by atoms with Gasteiger partial charge in [0.2, 0.25) is 0 Å². The highest BCUT2D eigenvalue weighted by Crippen LogP contribution is 2.39. The topological polar surface area (TPSA) is 26.0 Å². The molecule has 0 atom stereocenters. The standard InChI is InChI=1S/C8H7F4NS/c1-14-5-3-2-4(13)7(9)6(5)8(10,11)12/h2-3H,13H2,1H3. The van der Waals surface area contributed by atoms with Gasteiger partial charge in [0.05, 0.1) is 5.69 Å². The molecule has 2 N–H and O–H groups in total. The molecule has 6 heteroatoms.